The van der Waals surface area contributed by atoms with Gasteiger partial charge < -0.3 is 5.11 Å². The third-order valence-electron chi connectivity index (χ3n) is 3.17. The van der Waals surface area contributed by atoms with Gasteiger partial charge in [-0.25, -0.2) is 4.39 Å². The average molecular weight is 362 g/mol. The van der Waals surface area contributed by atoms with E-state index in [0.29, 0.717) is 28.0 Å². The lowest BCUT2D eigenvalue weighted by Crippen LogP contribution is -2.09. The summed E-state index contributed by atoms with van der Waals surface area (Å²) in [7, 11) is 0. The van der Waals surface area contributed by atoms with Gasteiger partial charge in [-0.05, 0) is 47.5 Å². The molecule has 0 aliphatic rings. The maximum atomic E-state index is 13.2. The summed E-state index contributed by atoms with van der Waals surface area (Å²) in [5.74, 6) is -0.353. The van der Waals surface area contributed by atoms with Crippen LogP contribution in [-0.2, 0) is 13.0 Å². The van der Waals surface area contributed by atoms with Crippen LogP contribution in [0.1, 0.15) is 30.0 Å². The lowest BCUT2D eigenvalue weighted by atomic mass is 10.0. The molecule has 3 nitrogen and oxygen atoms in total. The Morgan fingerprint density at radius 3 is 2.80 bits per heavy atom. The second kappa shape index (κ2) is 6.24. The molecule has 0 aliphatic carbocycles. The molecule has 1 aromatic carbocycles. The monoisotopic (exact) mass is 360 g/mol. The number of nitrogens with zero attached hydrogens (tertiary/aromatic N) is 2. The number of aryl methyl sites for hydroxylation is 2. The predicted octanol–water partition coefficient (Wildman–Crippen LogP) is 4.04. The molecule has 0 aliphatic heterocycles. The molecule has 1 unspecified atom stereocenters. The Bertz CT molecular complexity index is 630. The largest absolute Gasteiger partial charge is 0.388 e. The molecule has 0 fully saturated rings. The Hall–Kier alpha value is -0.910. The molecule has 2 rings (SSSR count). The van der Waals surface area contributed by atoms with Crippen molar-refractivity contribution in [3.05, 3.63) is 50.5 Å². The smallest absolute Gasteiger partial charge is 0.137 e. The standard InChI is InChI=1S/C14H15BrClFN2O/c1-3-19-12(14(16)8(2)18-19)7-13(20)9-4-5-11(17)10(15)6-9/h4-6,13,20H,3,7H2,1-2H3. The second-order valence-electron chi connectivity index (χ2n) is 4.56. The molecule has 20 heavy (non-hydrogen) atoms. The molecule has 0 radical (unpaired) electrons. The summed E-state index contributed by atoms with van der Waals surface area (Å²) < 4.78 is 15.3. The molecule has 108 valence electrons. The maximum absolute atomic E-state index is 13.2. The average Bonchev–Trinajstić information content (AvgIpc) is 2.69. The molecule has 0 saturated heterocycles. The summed E-state index contributed by atoms with van der Waals surface area (Å²) >= 11 is 9.33. The summed E-state index contributed by atoms with van der Waals surface area (Å²) in [6, 6.07) is 4.47. The molecule has 1 atom stereocenters. The molecule has 1 N–H and O–H groups in total. The van der Waals surface area contributed by atoms with E-state index >= 15 is 0 Å². The lowest BCUT2D eigenvalue weighted by molar-refractivity contribution is 0.175. The van der Waals surface area contributed by atoms with E-state index in [2.05, 4.69) is 21.0 Å². The minimum absolute atomic E-state index is 0.334. The van der Waals surface area contributed by atoms with Crippen LogP contribution >= 0.6 is 27.5 Å². The van der Waals surface area contributed by atoms with Crippen molar-refractivity contribution in [3.63, 3.8) is 0 Å². The number of aliphatic hydroxyl groups excluding tert-OH is 1. The Morgan fingerprint density at radius 1 is 1.50 bits per heavy atom. The zero-order valence-corrected chi connectivity index (χ0v) is 13.5. The predicted molar refractivity (Wildman–Crippen MR) is 80.4 cm³/mol. The van der Waals surface area contributed by atoms with Gasteiger partial charge >= 0.3 is 0 Å². The summed E-state index contributed by atoms with van der Waals surface area (Å²) in [6.07, 6.45) is -0.420. The van der Waals surface area contributed by atoms with Crippen molar-refractivity contribution in [1.29, 1.82) is 0 Å². The van der Waals surface area contributed by atoms with Gasteiger partial charge in [-0.15, -0.1) is 0 Å². The zero-order valence-electron chi connectivity index (χ0n) is 11.2. The fraction of sp³-hybridized carbons (Fsp3) is 0.357. The summed E-state index contributed by atoms with van der Waals surface area (Å²) in [6.45, 7) is 4.48. The van der Waals surface area contributed by atoms with Crippen molar-refractivity contribution in [2.45, 2.75) is 32.9 Å². The van der Waals surface area contributed by atoms with Crippen molar-refractivity contribution in [3.8, 4) is 0 Å². The Kier molecular flexibility index (Phi) is 4.83. The molecule has 0 saturated carbocycles. The van der Waals surface area contributed by atoms with E-state index in [4.69, 9.17) is 11.6 Å². The summed E-state index contributed by atoms with van der Waals surface area (Å²) in [5.41, 5.74) is 2.17. The van der Waals surface area contributed by atoms with Gasteiger partial charge in [0.25, 0.3) is 0 Å². The first-order chi connectivity index (χ1) is 9.43. The van der Waals surface area contributed by atoms with Gasteiger partial charge in [-0.2, -0.15) is 5.10 Å². The van der Waals surface area contributed by atoms with E-state index in [9.17, 15) is 9.50 Å². The van der Waals surface area contributed by atoms with Crippen LogP contribution in [0.3, 0.4) is 0 Å². The van der Waals surface area contributed by atoms with E-state index in [1.165, 1.54) is 6.07 Å². The highest BCUT2D eigenvalue weighted by Crippen LogP contribution is 2.28. The fourth-order valence-corrected chi connectivity index (χ4v) is 2.69. The van der Waals surface area contributed by atoms with Crippen molar-refractivity contribution in [2.24, 2.45) is 0 Å². The van der Waals surface area contributed by atoms with E-state index in [-0.39, 0.29) is 5.82 Å². The highest BCUT2D eigenvalue weighted by Gasteiger charge is 2.18. The highest BCUT2D eigenvalue weighted by molar-refractivity contribution is 9.10. The topological polar surface area (TPSA) is 38.0 Å². The van der Waals surface area contributed by atoms with E-state index in [1.54, 1.807) is 16.8 Å². The van der Waals surface area contributed by atoms with Crippen LogP contribution < -0.4 is 0 Å². The van der Waals surface area contributed by atoms with Crippen molar-refractivity contribution < 1.29 is 9.50 Å². The van der Waals surface area contributed by atoms with Crippen LogP contribution in [0.4, 0.5) is 4.39 Å². The molecule has 1 aromatic heterocycles. The third kappa shape index (κ3) is 3.05. The lowest BCUT2D eigenvalue weighted by Gasteiger charge is -2.13. The van der Waals surface area contributed by atoms with Crippen LogP contribution in [0.15, 0.2) is 22.7 Å². The minimum atomic E-state index is -0.759. The molecule has 2 aromatic rings. The fourth-order valence-electron chi connectivity index (χ4n) is 2.08. The number of hydrogen-bond donors (Lipinski definition) is 1. The van der Waals surface area contributed by atoms with Gasteiger partial charge in [0.1, 0.15) is 5.82 Å². The third-order valence-corrected chi connectivity index (χ3v) is 4.27. The van der Waals surface area contributed by atoms with E-state index < -0.39 is 6.10 Å². The SMILES string of the molecule is CCn1nc(C)c(Cl)c1CC(O)c1ccc(F)c(Br)c1. The Balaban J connectivity index is 2.27. The number of hydrogen-bond acceptors (Lipinski definition) is 2. The number of aromatic nitrogens is 2. The summed E-state index contributed by atoms with van der Waals surface area (Å²) in [4.78, 5) is 0. The van der Waals surface area contributed by atoms with E-state index in [0.717, 1.165) is 11.4 Å². The van der Waals surface area contributed by atoms with Gasteiger partial charge in [0.15, 0.2) is 0 Å². The molecule has 0 spiro atoms. The normalized spacial score (nSPS) is 12.7. The van der Waals surface area contributed by atoms with Crippen LogP contribution in [0.5, 0.6) is 0 Å². The molecular formula is C14H15BrClFN2O. The number of rotatable bonds is 4. The van der Waals surface area contributed by atoms with Crippen molar-refractivity contribution in [1.82, 2.24) is 9.78 Å². The molecule has 0 bridgehead atoms. The van der Waals surface area contributed by atoms with Crippen LogP contribution in [-0.4, -0.2) is 14.9 Å². The van der Waals surface area contributed by atoms with Gasteiger partial charge in [0.2, 0.25) is 0 Å². The van der Waals surface area contributed by atoms with Gasteiger partial charge in [-0.1, -0.05) is 17.7 Å². The maximum Gasteiger partial charge on any atom is 0.137 e. The van der Waals surface area contributed by atoms with Crippen molar-refractivity contribution >= 4 is 27.5 Å². The molecular weight excluding hydrogens is 347 g/mol. The Morgan fingerprint density at radius 2 is 2.20 bits per heavy atom. The number of benzene rings is 1. The first-order valence-corrected chi connectivity index (χ1v) is 7.46. The molecule has 0 amide bonds. The van der Waals surface area contributed by atoms with Gasteiger partial charge in [0, 0.05) is 13.0 Å². The number of halogens is 3. The first kappa shape index (κ1) is 15.5. The minimum Gasteiger partial charge on any atom is -0.388 e. The van der Waals surface area contributed by atoms with E-state index in [1.807, 2.05) is 13.8 Å². The van der Waals surface area contributed by atoms with Crippen LogP contribution in [0.25, 0.3) is 0 Å². The first-order valence-electron chi connectivity index (χ1n) is 6.28. The van der Waals surface area contributed by atoms with Crippen LogP contribution in [0, 0.1) is 12.7 Å². The summed E-state index contributed by atoms with van der Waals surface area (Å²) in [5, 5.41) is 15.2. The second-order valence-corrected chi connectivity index (χ2v) is 5.79. The molecule has 6 heteroatoms. The van der Waals surface area contributed by atoms with Gasteiger partial charge in [0.05, 0.1) is 27.0 Å². The Labute approximate surface area is 130 Å². The van der Waals surface area contributed by atoms with Crippen LogP contribution in [0.2, 0.25) is 5.02 Å². The van der Waals surface area contributed by atoms with Gasteiger partial charge in [-0.3, -0.25) is 4.68 Å². The molecule has 1 heterocycles. The van der Waals surface area contributed by atoms with Crippen molar-refractivity contribution in [2.75, 3.05) is 0 Å². The number of aliphatic hydroxyl groups is 1. The highest BCUT2D eigenvalue weighted by atomic mass is 79.9. The quantitative estimate of drug-likeness (QED) is 0.892. The zero-order chi connectivity index (χ0) is 14.9.